The lowest BCUT2D eigenvalue weighted by molar-refractivity contribution is 0.0944. The summed E-state index contributed by atoms with van der Waals surface area (Å²) in [5.74, 6) is 0.725. The number of carbonyl (C=O) groups excluding carboxylic acids is 1. The molecule has 0 aliphatic rings. The van der Waals surface area contributed by atoms with Crippen molar-refractivity contribution in [2.24, 2.45) is 11.8 Å². The Morgan fingerprint density at radius 3 is 2.47 bits per heavy atom. The zero-order valence-corrected chi connectivity index (χ0v) is 12.1. The molecule has 17 heavy (non-hydrogen) atoms. The molecule has 4 heteroatoms. The number of nitrogen functional groups attached to an aromatic ring is 1. The Morgan fingerprint density at radius 2 is 2.00 bits per heavy atom. The van der Waals surface area contributed by atoms with E-state index in [1.165, 1.54) is 11.3 Å². The summed E-state index contributed by atoms with van der Waals surface area (Å²) in [6, 6.07) is 1.91. The van der Waals surface area contributed by atoms with Crippen LogP contribution in [0.1, 0.15) is 37.4 Å². The molecule has 0 saturated carbocycles. The van der Waals surface area contributed by atoms with Gasteiger partial charge in [-0.1, -0.05) is 27.7 Å². The van der Waals surface area contributed by atoms with Gasteiger partial charge in [0.15, 0.2) is 5.78 Å². The fraction of sp³-hybridized carbons (Fsp3) is 0.615. The summed E-state index contributed by atoms with van der Waals surface area (Å²) in [5.41, 5.74) is 6.52. The van der Waals surface area contributed by atoms with Crippen LogP contribution in [-0.4, -0.2) is 19.4 Å². The van der Waals surface area contributed by atoms with Crippen LogP contribution in [0.4, 0.5) is 10.7 Å². The van der Waals surface area contributed by atoms with Crippen molar-refractivity contribution in [1.82, 2.24) is 0 Å². The lowest BCUT2D eigenvalue weighted by atomic mass is 10.1. The Morgan fingerprint density at radius 1 is 1.41 bits per heavy atom. The van der Waals surface area contributed by atoms with Crippen LogP contribution in [0, 0.1) is 11.8 Å². The van der Waals surface area contributed by atoms with E-state index in [9.17, 15) is 4.79 Å². The van der Waals surface area contributed by atoms with Crippen LogP contribution >= 0.6 is 11.3 Å². The van der Waals surface area contributed by atoms with Gasteiger partial charge in [0.05, 0.1) is 15.6 Å². The highest BCUT2D eigenvalue weighted by Gasteiger charge is 2.18. The fourth-order valence-electron chi connectivity index (χ4n) is 1.67. The lowest BCUT2D eigenvalue weighted by Crippen LogP contribution is -2.21. The van der Waals surface area contributed by atoms with Gasteiger partial charge in [0.25, 0.3) is 0 Å². The lowest BCUT2D eigenvalue weighted by Gasteiger charge is -2.19. The van der Waals surface area contributed by atoms with Crippen molar-refractivity contribution in [2.75, 3.05) is 24.2 Å². The molecule has 0 saturated heterocycles. The van der Waals surface area contributed by atoms with Crippen LogP contribution in [0.5, 0.6) is 0 Å². The first-order chi connectivity index (χ1) is 7.82. The van der Waals surface area contributed by atoms with Gasteiger partial charge in [-0.15, -0.1) is 11.3 Å². The Hall–Kier alpha value is -1.03. The summed E-state index contributed by atoms with van der Waals surface area (Å²) in [6.45, 7) is 9.12. The minimum absolute atomic E-state index is 0.000736. The monoisotopic (exact) mass is 254 g/mol. The summed E-state index contributed by atoms with van der Waals surface area (Å²) >= 11 is 1.50. The van der Waals surface area contributed by atoms with Crippen LogP contribution < -0.4 is 10.6 Å². The summed E-state index contributed by atoms with van der Waals surface area (Å²) in [4.78, 5) is 14.8. The SMILES string of the molecule is CC(C)CN(C)c1cc(N)c(C(=O)C(C)C)s1. The third kappa shape index (κ3) is 3.46. The van der Waals surface area contributed by atoms with E-state index in [1.54, 1.807) is 0 Å². The van der Waals surface area contributed by atoms with Crippen LogP contribution in [0.25, 0.3) is 0 Å². The van der Waals surface area contributed by atoms with Gasteiger partial charge < -0.3 is 10.6 Å². The highest BCUT2D eigenvalue weighted by molar-refractivity contribution is 7.18. The number of thiophene rings is 1. The quantitative estimate of drug-likeness (QED) is 0.820. The molecule has 2 N–H and O–H groups in total. The van der Waals surface area contributed by atoms with E-state index in [0.29, 0.717) is 16.5 Å². The molecule has 0 atom stereocenters. The van der Waals surface area contributed by atoms with Gasteiger partial charge >= 0.3 is 0 Å². The van der Waals surface area contributed by atoms with Crippen molar-refractivity contribution >= 4 is 27.8 Å². The average Bonchev–Trinajstić information content (AvgIpc) is 2.58. The zero-order chi connectivity index (χ0) is 13.2. The van der Waals surface area contributed by atoms with Gasteiger partial charge in [0.2, 0.25) is 0 Å². The standard InChI is InChI=1S/C13H22N2OS/c1-8(2)7-15(5)11-6-10(14)13(17-11)12(16)9(3)4/h6,8-9H,7,14H2,1-5H3. The minimum Gasteiger partial charge on any atom is -0.397 e. The maximum absolute atomic E-state index is 11.9. The number of hydrogen-bond acceptors (Lipinski definition) is 4. The largest absolute Gasteiger partial charge is 0.397 e. The molecule has 1 rings (SSSR count). The fourth-order valence-corrected chi connectivity index (χ4v) is 2.81. The van der Waals surface area contributed by atoms with Crippen molar-refractivity contribution < 1.29 is 4.79 Å². The second kappa shape index (κ2) is 5.54. The van der Waals surface area contributed by atoms with E-state index in [-0.39, 0.29) is 11.7 Å². The molecule has 0 bridgehead atoms. The maximum Gasteiger partial charge on any atom is 0.177 e. The molecule has 1 heterocycles. The zero-order valence-electron chi connectivity index (χ0n) is 11.3. The Balaban J connectivity index is 2.92. The first-order valence-corrected chi connectivity index (χ1v) is 6.79. The Kier molecular flexibility index (Phi) is 4.57. The molecule has 3 nitrogen and oxygen atoms in total. The van der Waals surface area contributed by atoms with Crippen LogP contribution in [0.15, 0.2) is 6.07 Å². The number of carbonyl (C=O) groups is 1. The van der Waals surface area contributed by atoms with Crippen molar-refractivity contribution in [3.63, 3.8) is 0 Å². The first kappa shape index (κ1) is 14.0. The maximum atomic E-state index is 11.9. The molecule has 1 aromatic heterocycles. The van der Waals surface area contributed by atoms with Crippen LogP contribution in [0.3, 0.4) is 0 Å². The molecule has 1 aromatic rings. The summed E-state index contributed by atoms with van der Waals surface area (Å²) in [5, 5.41) is 1.07. The highest BCUT2D eigenvalue weighted by Crippen LogP contribution is 2.33. The van der Waals surface area contributed by atoms with Gasteiger partial charge in [-0.2, -0.15) is 0 Å². The molecular formula is C13H22N2OS. The summed E-state index contributed by atoms with van der Waals surface area (Å²) < 4.78 is 0. The predicted octanol–water partition coefficient (Wildman–Crippen LogP) is 3.26. The Labute approximate surface area is 108 Å². The molecule has 0 unspecified atom stereocenters. The van der Waals surface area contributed by atoms with Crippen LogP contribution in [-0.2, 0) is 0 Å². The van der Waals surface area contributed by atoms with E-state index in [1.807, 2.05) is 27.0 Å². The second-order valence-corrected chi connectivity index (χ2v) is 6.19. The van der Waals surface area contributed by atoms with Gasteiger partial charge in [-0.05, 0) is 12.0 Å². The van der Waals surface area contributed by atoms with Crippen molar-refractivity contribution in [3.8, 4) is 0 Å². The number of Topliss-reactive ketones (excluding diaryl/α,β-unsaturated/α-hetero) is 1. The third-order valence-electron chi connectivity index (χ3n) is 2.51. The molecule has 0 aliphatic carbocycles. The molecular weight excluding hydrogens is 232 g/mol. The molecule has 0 amide bonds. The highest BCUT2D eigenvalue weighted by atomic mass is 32.1. The van der Waals surface area contributed by atoms with Gasteiger partial charge in [0.1, 0.15) is 0 Å². The average molecular weight is 254 g/mol. The number of nitrogens with zero attached hydrogens (tertiary/aromatic N) is 1. The van der Waals surface area contributed by atoms with E-state index in [4.69, 9.17) is 5.73 Å². The topological polar surface area (TPSA) is 46.3 Å². The van der Waals surface area contributed by atoms with Crippen molar-refractivity contribution in [1.29, 1.82) is 0 Å². The number of anilines is 2. The number of nitrogens with two attached hydrogens (primary N) is 1. The predicted molar refractivity (Wildman–Crippen MR) is 76.0 cm³/mol. The van der Waals surface area contributed by atoms with Crippen LogP contribution in [0.2, 0.25) is 0 Å². The summed E-state index contributed by atoms with van der Waals surface area (Å²) in [7, 11) is 2.04. The summed E-state index contributed by atoms with van der Waals surface area (Å²) in [6.07, 6.45) is 0. The molecule has 0 aromatic carbocycles. The number of ketones is 1. The molecule has 0 radical (unpaired) electrons. The molecule has 0 fully saturated rings. The minimum atomic E-state index is -0.000736. The smallest absolute Gasteiger partial charge is 0.177 e. The molecule has 96 valence electrons. The van der Waals surface area contributed by atoms with Gasteiger partial charge in [-0.3, -0.25) is 4.79 Å². The normalized spacial score (nSPS) is 11.2. The van der Waals surface area contributed by atoms with E-state index < -0.39 is 0 Å². The number of hydrogen-bond donors (Lipinski definition) is 1. The first-order valence-electron chi connectivity index (χ1n) is 5.97. The van der Waals surface area contributed by atoms with E-state index in [0.717, 1.165) is 11.5 Å². The van der Waals surface area contributed by atoms with Gasteiger partial charge in [-0.25, -0.2) is 0 Å². The van der Waals surface area contributed by atoms with Crippen molar-refractivity contribution in [2.45, 2.75) is 27.7 Å². The van der Waals surface area contributed by atoms with Crippen molar-refractivity contribution in [3.05, 3.63) is 10.9 Å². The second-order valence-electron chi connectivity index (χ2n) is 5.16. The van der Waals surface area contributed by atoms with E-state index >= 15 is 0 Å². The molecule has 0 aliphatic heterocycles. The van der Waals surface area contributed by atoms with Gasteiger partial charge in [0, 0.05) is 19.5 Å². The number of rotatable bonds is 5. The Bertz CT molecular complexity index is 396. The third-order valence-corrected chi connectivity index (χ3v) is 3.79. The molecule has 0 spiro atoms. The van der Waals surface area contributed by atoms with E-state index in [2.05, 4.69) is 18.7 Å².